The van der Waals surface area contributed by atoms with E-state index in [4.69, 9.17) is 0 Å². The molecule has 0 radical (unpaired) electrons. The molecule has 0 saturated heterocycles. The van der Waals surface area contributed by atoms with Crippen molar-refractivity contribution in [3.05, 3.63) is 48.7 Å². The third-order valence-corrected chi connectivity index (χ3v) is 5.37. The van der Waals surface area contributed by atoms with Crippen LogP contribution in [-0.4, -0.2) is 25.2 Å². The summed E-state index contributed by atoms with van der Waals surface area (Å²) in [6.45, 7) is 0. The topological polar surface area (TPSA) is 120 Å². The van der Waals surface area contributed by atoms with Crippen LogP contribution in [0.4, 0.5) is 17.1 Å². The van der Waals surface area contributed by atoms with E-state index in [0.29, 0.717) is 16.9 Å². The minimum atomic E-state index is -3.89. The Morgan fingerprint density at radius 2 is 1.69 bits per heavy atom. The fourth-order valence-corrected chi connectivity index (χ4v) is 3.91. The van der Waals surface area contributed by atoms with Crippen molar-refractivity contribution in [2.24, 2.45) is 0 Å². The molecule has 0 aliphatic carbocycles. The molecule has 0 spiro atoms. The zero-order valence-electron chi connectivity index (χ0n) is 13.4. The van der Waals surface area contributed by atoms with Crippen molar-refractivity contribution in [3.63, 3.8) is 0 Å². The van der Waals surface area contributed by atoms with Gasteiger partial charge >= 0.3 is 0 Å². The predicted molar refractivity (Wildman–Crippen MR) is 97.4 cm³/mol. The van der Waals surface area contributed by atoms with Gasteiger partial charge in [-0.25, -0.2) is 8.42 Å². The highest BCUT2D eigenvalue weighted by molar-refractivity contribution is 7.92. The maximum absolute atomic E-state index is 12.8. The lowest BCUT2D eigenvalue weighted by atomic mass is 10.2. The monoisotopic (exact) mass is 370 g/mol. The number of carbonyl (C=O) groups is 2. The van der Waals surface area contributed by atoms with Crippen LogP contribution in [0, 0.1) is 0 Å². The van der Waals surface area contributed by atoms with E-state index in [1.54, 1.807) is 18.3 Å². The van der Waals surface area contributed by atoms with Gasteiger partial charge in [-0.1, -0.05) is 12.1 Å². The second-order valence-corrected chi connectivity index (χ2v) is 7.52. The van der Waals surface area contributed by atoms with Crippen molar-refractivity contribution in [1.29, 1.82) is 0 Å². The lowest BCUT2D eigenvalue weighted by Gasteiger charge is -2.12. The average molecular weight is 370 g/mol. The van der Waals surface area contributed by atoms with Gasteiger partial charge in [0.15, 0.2) is 0 Å². The second-order valence-electron chi connectivity index (χ2n) is 5.83. The first-order valence-electron chi connectivity index (χ1n) is 7.75. The number of para-hydroxylation sites is 1. The van der Waals surface area contributed by atoms with Gasteiger partial charge in [0.25, 0.3) is 10.0 Å². The Morgan fingerprint density at radius 1 is 0.923 bits per heavy atom. The standard InChI is InChI=1S/C17H14N4O4S/c22-15-9-16(23)20-14-8-11(4-5-12(14)19-15)26(24,25)21-13-3-1-2-10-6-7-18-17(10)13/h1-8,18,21H,9H2,(H,19,22)(H,20,23). The first kappa shape index (κ1) is 16.2. The molecule has 1 aliphatic rings. The third-order valence-electron chi connectivity index (χ3n) is 4.00. The molecule has 1 aromatic heterocycles. The summed E-state index contributed by atoms with van der Waals surface area (Å²) in [5.41, 5.74) is 1.68. The first-order chi connectivity index (χ1) is 12.4. The molecule has 0 unspecified atom stereocenters. The van der Waals surface area contributed by atoms with Crippen LogP contribution >= 0.6 is 0 Å². The summed E-state index contributed by atoms with van der Waals surface area (Å²) in [6, 6.07) is 11.2. The molecular weight excluding hydrogens is 356 g/mol. The Morgan fingerprint density at radius 3 is 2.50 bits per heavy atom. The van der Waals surface area contributed by atoms with E-state index in [1.807, 2.05) is 12.1 Å². The molecule has 2 amide bonds. The Labute approximate surface area is 148 Å². The summed E-state index contributed by atoms with van der Waals surface area (Å²) < 4.78 is 28.1. The summed E-state index contributed by atoms with van der Waals surface area (Å²) >= 11 is 0. The molecule has 1 aliphatic heterocycles. The lowest BCUT2D eigenvalue weighted by Crippen LogP contribution is -2.16. The summed E-state index contributed by atoms with van der Waals surface area (Å²) in [4.78, 5) is 26.2. The first-order valence-corrected chi connectivity index (χ1v) is 9.23. The number of aromatic nitrogens is 1. The smallest absolute Gasteiger partial charge is 0.262 e. The average Bonchev–Trinajstić information content (AvgIpc) is 3.00. The number of sulfonamides is 1. The molecule has 0 bridgehead atoms. The van der Waals surface area contributed by atoms with Gasteiger partial charge in [-0.2, -0.15) is 0 Å². The molecule has 4 N–H and O–H groups in total. The molecule has 4 rings (SSSR count). The van der Waals surface area contributed by atoms with E-state index in [1.165, 1.54) is 18.2 Å². The van der Waals surface area contributed by atoms with Crippen molar-refractivity contribution < 1.29 is 18.0 Å². The highest BCUT2D eigenvalue weighted by Crippen LogP contribution is 2.30. The van der Waals surface area contributed by atoms with Crippen molar-refractivity contribution in [2.45, 2.75) is 11.3 Å². The van der Waals surface area contributed by atoms with E-state index in [9.17, 15) is 18.0 Å². The van der Waals surface area contributed by atoms with Gasteiger partial charge in [-0.3, -0.25) is 14.3 Å². The fraction of sp³-hybridized carbons (Fsp3) is 0.0588. The summed E-state index contributed by atoms with van der Waals surface area (Å²) in [7, 11) is -3.89. The Hall–Kier alpha value is -3.33. The summed E-state index contributed by atoms with van der Waals surface area (Å²) in [5, 5.41) is 5.97. The molecule has 132 valence electrons. The molecule has 9 heteroatoms. The number of rotatable bonds is 3. The van der Waals surface area contributed by atoms with Crippen LogP contribution < -0.4 is 15.4 Å². The number of benzene rings is 2. The Balaban J connectivity index is 1.71. The second kappa shape index (κ2) is 5.88. The van der Waals surface area contributed by atoms with Crippen LogP contribution in [-0.2, 0) is 19.6 Å². The Bertz CT molecular complexity index is 1150. The minimum Gasteiger partial charge on any atom is -0.359 e. The normalized spacial score (nSPS) is 14.3. The summed E-state index contributed by atoms with van der Waals surface area (Å²) in [6.07, 6.45) is 1.41. The zero-order chi connectivity index (χ0) is 18.3. The number of hydrogen-bond donors (Lipinski definition) is 4. The van der Waals surface area contributed by atoms with Crippen molar-refractivity contribution >= 4 is 49.8 Å². The predicted octanol–water partition coefficient (Wildman–Crippen LogP) is 2.25. The van der Waals surface area contributed by atoms with Gasteiger partial charge in [0.2, 0.25) is 11.8 Å². The molecule has 2 aromatic carbocycles. The van der Waals surface area contributed by atoms with Crippen LogP contribution in [0.25, 0.3) is 10.9 Å². The minimum absolute atomic E-state index is 0.0312. The van der Waals surface area contributed by atoms with Gasteiger partial charge in [-0.15, -0.1) is 0 Å². The van der Waals surface area contributed by atoms with E-state index >= 15 is 0 Å². The summed E-state index contributed by atoms with van der Waals surface area (Å²) in [5.74, 6) is -0.951. The van der Waals surface area contributed by atoms with Gasteiger partial charge in [-0.05, 0) is 30.3 Å². The number of fused-ring (bicyclic) bond motifs is 2. The van der Waals surface area contributed by atoms with Crippen LogP contribution in [0.15, 0.2) is 53.6 Å². The number of H-pyrrole nitrogens is 1. The molecule has 8 nitrogen and oxygen atoms in total. The van der Waals surface area contributed by atoms with Crippen molar-refractivity contribution in [2.75, 3.05) is 15.4 Å². The Kier molecular flexibility index (Phi) is 3.66. The fourth-order valence-electron chi connectivity index (χ4n) is 2.81. The molecular formula is C17H14N4O4S. The van der Waals surface area contributed by atoms with Gasteiger partial charge < -0.3 is 15.6 Å². The molecule has 3 aromatic rings. The third kappa shape index (κ3) is 2.88. The van der Waals surface area contributed by atoms with Gasteiger partial charge in [0.05, 0.1) is 27.5 Å². The molecule has 26 heavy (non-hydrogen) atoms. The van der Waals surface area contributed by atoms with Crippen LogP contribution in [0.2, 0.25) is 0 Å². The van der Waals surface area contributed by atoms with Crippen LogP contribution in [0.3, 0.4) is 0 Å². The van der Waals surface area contributed by atoms with E-state index in [0.717, 1.165) is 5.39 Å². The number of anilines is 3. The zero-order valence-corrected chi connectivity index (χ0v) is 14.2. The SMILES string of the molecule is O=C1CC(=O)Nc2cc(S(=O)(=O)Nc3cccc4cc[nH]c34)ccc2N1. The number of carbonyl (C=O) groups excluding carboxylic acids is 2. The molecule has 0 atom stereocenters. The van der Waals surface area contributed by atoms with Gasteiger partial charge in [0, 0.05) is 11.6 Å². The quantitative estimate of drug-likeness (QED) is 0.529. The van der Waals surface area contributed by atoms with E-state index in [2.05, 4.69) is 20.3 Å². The van der Waals surface area contributed by atoms with Gasteiger partial charge in [0.1, 0.15) is 6.42 Å². The van der Waals surface area contributed by atoms with Crippen LogP contribution in [0.1, 0.15) is 6.42 Å². The lowest BCUT2D eigenvalue weighted by molar-refractivity contribution is -0.123. The largest absolute Gasteiger partial charge is 0.359 e. The molecule has 0 saturated carbocycles. The number of hydrogen-bond acceptors (Lipinski definition) is 4. The highest BCUT2D eigenvalue weighted by atomic mass is 32.2. The molecule has 2 heterocycles. The van der Waals surface area contributed by atoms with E-state index in [-0.39, 0.29) is 17.0 Å². The van der Waals surface area contributed by atoms with Crippen molar-refractivity contribution in [3.8, 4) is 0 Å². The number of nitrogens with one attached hydrogen (secondary N) is 4. The number of aromatic amines is 1. The maximum atomic E-state index is 12.8. The highest BCUT2D eigenvalue weighted by Gasteiger charge is 2.22. The van der Waals surface area contributed by atoms with Crippen LogP contribution in [0.5, 0.6) is 0 Å². The van der Waals surface area contributed by atoms with Crippen molar-refractivity contribution in [1.82, 2.24) is 4.98 Å². The maximum Gasteiger partial charge on any atom is 0.262 e. The molecule has 0 fully saturated rings. The van der Waals surface area contributed by atoms with E-state index < -0.39 is 21.8 Å². The number of amides is 2.